The van der Waals surface area contributed by atoms with E-state index >= 15 is 0 Å². The van der Waals surface area contributed by atoms with Gasteiger partial charge in [-0.15, -0.1) is 11.3 Å². The van der Waals surface area contributed by atoms with Crippen molar-refractivity contribution in [2.75, 3.05) is 6.54 Å². The first kappa shape index (κ1) is 17.9. The van der Waals surface area contributed by atoms with Crippen molar-refractivity contribution < 1.29 is 13.2 Å². The highest BCUT2D eigenvalue weighted by Gasteiger charge is 2.15. The highest BCUT2D eigenvalue weighted by molar-refractivity contribution is 7.89. The van der Waals surface area contributed by atoms with Crippen LogP contribution in [0.2, 0.25) is 5.02 Å². The highest BCUT2D eigenvalue weighted by Crippen LogP contribution is 2.18. The second-order valence-corrected chi connectivity index (χ2v) is 8.09. The van der Waals surface area contributed by atoms with Gasteiger partial charge in [-0.05, 0) is 36.6 Å². The van der Waals surface area contributed by atoms with Crippen molar-refractivity contribution in [3.05, 3.63) is 51.7 Å². The first-order valence-electron chi connectivity index (χ1n) is 6.96. The molecule has 0 saturated carbocycles. The average Bonchev–Trinajstić information content (AvgIpc) is 3.01. The summed E-state index contributed by atoms with van der Waals surface area (Å²) < 4.78 is 26.5. The van der Waals surface area contributed by atoms with E-state index in [4.69, 9.17) is 11.6 Å². The molecule has 0 radical (unpaired) electrons. The molecule has 1 aromatic heterocycles. The molecule has 0 spiro atoms. The average molecular weight is 373 g/mol. The lowest BCUT2D eigenvalue weighted by molar-refractivity contribution is -0.121. The Morgan fingerprint density at radius 2 is 2.09 bits per heavy atom. The molecule has 5 nitrogen and oxygen atoms in total. The van der Waals surface area contributed by atoms with Crippen LogP contribution in [0.15, 0.2) is 46.7 Å². The molecule has 0 aliphatic heterocycles. The van der Waals surface area contributed by atoms with Crippen molar-refractivity contribution in [3.8, 4) is 0 Å². The van der Waals surface area contributed by atoms with Crippen LogP contribution in [0.3, 0.4) is 0 Å². The van der Waals surface area contributed by atoms with Crippen LogP contribution >= 0.6 is 22.9 Å². The third-order valence-electron chi connectivity index (χ3n) is 3.10. The number of nitrogens with one attached hydrogen (secondary N) is 2. The van der Waals surface area contributed by atoms with E-state index in [1.165, 1.54) is 12.1 Å². The van der Waals surface area contributed by atoms with E-state index in [1.807, 2.05) is 24.4 Å². The number of rotatable bonds is 7. The summed E-state index contributed by atoms with van der Waals surface area (Å²) in [5, 5.41) is 5.12. The van der Waals surface area contributed by atoms with Gasteiger partial charge in [0.15, 0.2) is 0 Å². The predicted molar refractivity (Wildman–Crippen MR) is 92.1 cm³/mol. The van der Waals surface area contributed by atoms with Crippen molar-refractivity contribution in [3.63, 3.8) is 0 Å². The Bertz CT molecular complexity index is 761. The molecule has 0 fully saturated rings. The van der Waals surface area contributed by atoms with Gasteiger partial charge in [-0.1, -0.05) is 23.7 Å². The number of benzene rings is 1. The molecule has 2 rings (SSSR count). The van der Waals surface area contributed by atoms with Gasteiger partial charge < -0.3 is 5.32 Å². The molecule has 1 heterocycles. The molecule has 1 unspecified atom stereocenters. The minimum Gasteiger partial charge on any atom is -0.349 e. The predicted octanol–water partition coefficient (Wildman–Crippen LogP) is 2.95. The zero-order valence-corrected chi connectivity index (χ0v) is 14.8. The first-order chi connectivity index (χ1) is 10.9. The van der Waals surface area contributed by atoms with Crippen LogP contribution in [0.1, 0.15) is 24.3 Å². The Hall–Kier alpha value is -1.41. The first-order valence-corrected chi connectivity index (χ1v) is 9.70. The van der Waals surface area contributed by atoms with Crippen LogP contribution in [0.5, 0.6) is 0 Å². The van der Waals surface area contributed by atoms with Gasteiger partial charge in [-0.2, -0.15) is 0 Å². The highest BCUT2D eigenvalue weighted by atomic mass is 35.5. The zero-order chi connectivity index (χ0) is 16.9. The Morgan fingerprint density at radius 3 is 2.74 bits per heavy atom. The molecule has 124 valence electrons. The number of carbonyl (C=O) groups is 1. The molecule has 0 saturated heterocycles. The van der Waals surface area contributed by atoms with Crippen molar-refractivity contribution in [1.82, 2.24) is 10.0 Å². The monoisotopic (exact) mass is 372 g/mol. The van der Waals surface area contributed by atoms with E-state index < -0.39 is 10.0 Å². The van der Waals surface area contributed by atoms with Gasteiger partial charge in [0.1, 0.15) is 0 Å². The van der Waals surface area contributed by atoms with Crippen LogP contribution in [0.25, 0.3) is 0 Å². The van der Waals surface area contributed by atoms with E-state index in [9.17, 15) is 13.2 Å². The Kier molecular flexibility index (Phi) is 6.17. The van der Waals surface area contributed by atoms with E-state index in [0.717, 1.165) is 4.88 Å². The van der Waals surface area contributed by atoms with E-state index in [-0.39, 0.29) is 29.8 Å². The van der Waals surface area contributed by atoms with Gasteiger partial charge in [-0.3, -0.25) is 4.79 Å². The van der Waals surface area contributed by atoms with Gasteiger partial charge in [0, 0.05) is 22.9 Å². The summed E-state index contributed by atoms with van der Waals surface area (Å²) >= 11 is 7.35. The quantitative estimate of drug-likeness (QED) is 0.784. The lowest BCUT2D eigenvalue weighted by Gasteiger charge is -2.12. The Balaban J connectivity index is 1.83. The largest absolute Gasteiger partial charge is 0.349 e. The fraction of sp³-hybridized carbons (Fsp3) is 0.267. The summed E-state index contributed by atoms with van der Waals surface area (Å²) in [6, 6.07) is 9.74. The van der Waals surface area contributed by atoms with Crippen LogP contribution in [0.4, 0.5) is 0 Å². The van der Waals surface area contributed by atoms with Crippen LogP contribution in [-0.2, 0) is 14.8 Å². The van der Waals surface area contributed by atoms with Crippen molar-refractivity contribution in [2.24, 2.45) is 0 Å². The second kappa shape index (κ2) is 7.92. The standard InChI is InChI=1S/C15H17ClN2O3S2/c1-11(14-6-3-9-22-14)18-15(19)7-8-17-23(20,21)13-5-2-4-12(16)10-13/h2-6,9-11,17H,7-8H2,1H3,(H,18,19). The summed E-state index contributed by atoms with van der Waals surface area (Å²) in [7, 11) is -3.66. The number of sulfonamides is 1. The number of halogens is 1. The molecule has 2 aromatic rings. The molecule has 0 aliphatic carbocycles. The lowest BCUT2D eigenvalue weighted by atomic mass is 10.2. The minimum atomic E-state index is -3.66. The smallest absolute Gasteiger partial charge is 0.240 e. The molecule has 1 aromatic carbocycles. The number of amides is 1. The van der Waals surface area contributed by atoms with Crippen molar-refractivity contribution >= 4 is 38.9 Å². The summed E-state index contributed by atoms with van der Waals surface area (Å²) in [5.74, 6) is -0.209. The summed E-state index contributed by atoms with van der Waals surface area (Å²) in [5.41, 5.74) is 0. The molecule has 0 bridgehead atoms. The maximum atomic E-state index is 12.1. The Morgan fingerprint density at radius 1 is 1.30 bits per heavy atom. The molecule has 1 atom stereocenters. The SMILES string of the molecule is CC(NC(=O)CCNS(=O)(=O)c1cccc(Cl)c1)c1cccs1. The number of hydrogen-bond acceptors (Lipinski definition) is 4. The maximum absolute atomic E-state index is 12.1. The molecular formula is C15H17ClN2O3S2. The van der Waals surface area contributed by atoms with E-state index in [0.29, 0.717) is 5.02 Å². The number of thiophene rings is 1. The minimum absolute atomic E-state index is 0.0256. The fourth-order valence-corrected chi connectivity index (χ4v) is 4.01. The molecule has 1 amide bonds. The van der Waals surface area contributed by atoms with Crippen LogP contribution in [-0.4, -0.2) is 20.9 Å². The van der Waals surface area contributed by atoms with Gasteiger partial charge in [0.2, 0.25) is 15.9 Å². The van der Waals surface area contributed by atoms with Crippen LogP contribution < -0.4 is 10.0 Å². The summed E-state index contributed by atoms with van der Waals surface area (Å²) in [6.45, 7) is 1.91. The van der Waals surface area contributed by atoms with Crippen molar-refractivity contribution in [1.29, 1.82) is 0 Å². The van der Waals surface area contributed by atoms with Gasteiger partial charge in [0.05, 0.1) is 10.9 Å². The molecule has 0 aliphatic rings. The molecular weight excluding hydrogens is 356 g/mol. The van der Waals surface area contributed by atoms with E-state index in [1.54, 1.807) is 23.5 Å². The lowest BCUT2D eigenvalue weighted by Crippen LogP contribution is -2.31. The fourth-order valence-electron chi connectivity index (χ4n) is 1.94. The Labute approximate surface area is 144 Å². The molecule has 23 heavy (non-hydrogen) atoms. The summed E-state index contributed by atoms with van der Waals surface area (Å²) in [4.78, 5) is 13.0. The number of hydrogen-bond donors (Lipinski definition) is 2. The molecule has 2 N–H and O–H groups in total. The third-order valence-corrected chi connectivity index (χ3v) is 5.85. The number of carbonyl (C=O) groups excluding carboxylic acids is 1. The van der Waals surface area contributed by atoms with Gasteiger partial charge >= 0.3 is 0 Å². The van der Waals surface area contributed by atoms with Gasteiger partial charge in [0.25, 0.3) is 0 Å². The second-order valence-electron chi connectivity index (χ2n) is 4.91. The van der Waals surface area contributed by atoms with Crippen molar-refractivity contribution in [2.45, 2.75) is 24.3 Å². The van der Waals surface area contributed by atoms with Crippen LogP contribution in [0, 0.1) is 0 Å². The molecule has 8 heteroatoms. The van der Waals surface area contributed by atoms with Gasteiger partial charge in [-0.25, -0.2) is 13.1 Å². The topological polar surface area (TPSA) is 75.3 Å². The third kappa shape index (κ3) is 5.31. The maximum Gasteiger partial charge on any atom is 0.240 e. The van der Waals surface area contributed by atoms with E-state index in [2.05, 4.69) is 10.0 Å². The zero-order valence-electron chi connectivity index (χ0n) is 12.5. The summed E-state index contributed by atoms with van der Waals surface area (Å²) in [6.07, 6.45) is 0.0650. The normalized spacial score (nSPS) is 12.8.